The van der Waals surface area contributed by atoms with Crippen LogP contribution in [0.2, 0.25) is 5.02 Å². The Morgan fingerprint density at radius 3 is 2.77 bits per heavy atom. The Hall–Kier alpha value is -2.52. The normalized spacial score (nSPS) is 16.6. The third-order valence-electron chi connectivity index (χ3n) is 6.30. The summed E-state index contributed by atoms with van der Waals surface area (Å²) in [7, 11) is 1.78. The van der Waals surface area contributed by atoms with Gasteiger partial charge in [-0.2, -0.15) is 0 Å². The van der Waals surface area contributed by atoms with E-state index in [0.29, 0.717) is 34.5 Å². The van der Waals surface area contributed by atoms with E-state index >= 15 is 0 Å². The zero-order chi connectivity index (χ0) is 24.9. The summed E-state index contributed by atoms with van der Waals surface area (Å²) in [4.78, 5) is 9.87. The molecule has 0 radical (unpaired) electrons. The maximum atomic E-state index is 10.00. The predicted octanol–water partition coefficient (Wildman–Crippen LogP) is 4.45. The van der Waals surface area contributed by atoms with E-state index in [-0.39, 0.29) is 12.7 Å². The number of likely N-dealkylation sites (N-methyl/N-ethyl adjacent to an activating group) is 1. The number of aromatic nitrogens is 3. The first-order chi connectivity index (χ1) is 16.9. The Morgan fingerprint density at radius 2 is 2.09 bits per heavy atom. The third kappa shape index (κ3) is 6.01. The average Bonchev–Trinajstić information content (AvgIpc) is 3.48. The highest BCUT2D eigenvalue weighted by molar-refractivity contribution is 6.33. The minimum atomic E-state index is -0.620. The SMILES string of the molecule is CNC[C@@H](O)COc1ccc(Cl)c(-c2nc(CC[C@@H]3CCCO3)c(C)c(-c3c(C)noc3C)n2)c1. The summed E-state index contributed by atoms with van der Waals surface area (Å²) >= 11 is 6.61. The molecule has 9 heteroatoms. The van der Waals surface area contributed by atoms with Gasteiger partial charge in [0.15, 0.2) is 5.82 Å². The zero-order valence-electron chi connectivity index (χ0n) is 20.7. The average molecular weight is 501 g/mol. The molecule has 1 fully saturated rings. The molecule has 0 unspecified atom stereocenters. The van der Waals surface area contributed by atoms with Crippen molar-refractivity contribution in [2.24, 2.45) is 0 Å². The summed E-state index contributed by atoms with van der Waals surface area (Å²) in [6, 6.07) is 5.36. The molecular formula is C26H33ClN4O4. The molecule has 0 amide bonds. The molecule has 35 heavy (non-hydrogen) atoms. The summed E-state index contributed by atoms with van der Waals surface area (Å²) < 4.78 is 17.1. The number of rotatable bonds is 10. The van der Waals surface area contributed by atoms with Gasteiger partial charge >= 0.3 is 0 Å². The summed E-state index contributed by atoms with van der Waals surface area (Å²) in [5.74, 6) is 1.81. The molecule has 4 rings (SSSR count). The lowest BCUT2D eigenvalue weighted by Gasteiger charge is -2.16. The van der Waals surface area contributed by atoms with Crippen LogP contribution in [0.3, 0.4) is 0 Å². The Morgan fingerprint density at radius 1 is 1.26 bits per heavy atom. The monoisotopic (exact) mass is 500 g/mol. The highest BCUT2D eigenvalue weighted by Crippen LogP contribution is 2.35. The second-order valence-electron chi connectivity index (χ2n) is 9.00. The molecule has 188 valence electrons. The smallest absolute Gasteiger partial charge is 0.161 e. The molecule has 8 nitrogen and oxygen atoms in total. The molecule has 1 aromatic carbocycles. The number of aryl methyl sites for hydroxylation is 3. The van der Waals surface area contributed by atoms with E-state index in [1.54, 1.807) is 19.2 Å². The molecule has 1 aliphatic rings. The molecule has 2 aromatic heterocycles. The largest absolute Gasteiger partial charge is 0.491 e. The van der Waals surface area contributed by atoms with E-state index in [0.717, 1.165) is 60.5 Å². The summed E-state index contributed by atoms with van der Waals surface area (Å²) in [6.45, 7) is 7.27. The van der Waals surface area contributed by atoms with Crippen LogP contribution in [-0.2, 0) is 11.2 Å². The maximum Gasteiger partial charge on any atom is 0.161 e. The molecule has 0 spiro atoms. The first kappa shape index (κ1) is 25.6. The van der Waals surface area contributed by atoms with Crippen LogP contribution in [0.5, 0.6) is 5.75 Å². The van der Waals surface area contributed by atoms with Gasteiger partial charge in [0, 0.05) is 24.4 Å². The Bertz CT molecular complexity index is 1140. The second kappa shape index (κ2) is 11.5. The summed E-state index contributed by atoms with van der Waals surface area (Å²) in [5.41, 5.74) is 5.07. The number of nitrogens with one attached hydrogen (secondary N) is 1. The van der Waals surface area contributed by atoms with Crippen LogP contribution in [-0.4, -0.2) is 59.2 Å². The lowest BCUT2D eigenvalue weighted by Crippen LogP contribution is -2.29. The van der Waals surface area contributed by atoms with Crippen LogP contribution in [0, 0.1) is 20.8 Å². The van der Waals surface area contributed by atoms with Crippen LogP contribution >= 0.6 is 11.6 Å². The molecular weight excluding hydrogens is 468 g/mol. The molecule has 2 atom stereocenters. The number of halogens is 1. The van der Waals surface area contributed by atoms with Crippen molar-refractivity contribution in [1.82, 2.24) is 20.4 Å². The van der Waals surface area contributed by atoms with Gasteiger partial charge in [0.05, 0.1) is 28.1 Å². The Kier molecular flexibility index (Phi) is 8.38. The zero-order valence-corrected chi connectivity index (χ0v) is 21.5. The number of nitrogens with zero attached hydrogens (tertiary/aromatic N) is 3. The van der Waals surface area contributed by atoms with Crippen molar-refractivity contribution in [1.29, 1.82) is 0 Å². The standard InChI is InChI=1S/C26H33ClN4O4/c1-15-23(10-8-19-6-5-11-33-19)29-26(30-25(15)24-16(2)31-35-17(24)3)21-12-20(7-9-22(21)27)34-14-18(32)13-28-4/h7,9,12,18-19,28,32H,5-6,8,10-11,13-14H2,1-4H3/t18-,19+/m1/s1. The molecule has 0 saturated carbocycles. The fourth-order valence-electron chi connectivity index (χ4n) is 4.41. The topological polar surface area (TPSA) is 103 Å². The van der Waals surface area contributed by atoms with E-state index in [2.05, 4.69) is 10.5 Å². The van der Waals surface area contributed by atoms with Gasteiger partial charge in [0.1, 0.15) is 24.2 Å². The van der Waals surface area contributed by atoms with Crippen molar-refractivity contribution in [2.75, 3.05) is 26.8 Å². The van der Waals surface area contributed by atoms with Gasteiger partial charge in [0.2, 0.25) is 0 Å². The first-order valence-corrected chi connectivity index (χ1v) is 12.4. The highest BCUT2D eigenvalue weighted by atomic mass is 35.5. The molecule has 3 aromatic rings. The fourth-order valence-corrected chi connectivity index (χ4v) is 4.62. The van der Waals surface area contributed by atoms with E-state index in [4.69, 9.17) is 35.6 Å². The summed E-state index contributed by atoms with van der Waals surface area (Å²) in [6.07, 6.45) is 3.50. The van der Waals surface area contributed by atoms with Crippen molar-refractivity contribution in [3.05, 3.63) is 45.9 Å². The van der Waals surface area contributed by atoms with E-state index in [1.165, 1.54) is 0 Å². The van der Waals surface area contributed by atoms with Crippen molar-refractivity contribution < 1.29 is 19.1 Å². The van der Waals surface area contributed by atoms with E-state index in [9.17, 15) is 5.11 Å². The fraction of sp³-hybridized carbons (Fsp3) is 0.500. The number of aliphatic hydroxyl groups is 1. The lowest BCUT2D eigenvalue weighted by atomic mass is 10.00. The Balaban J connectivity index is 1.72. The van der Waals surface area contributed by atoms with Crippen LogP contribution in [0.4, 0.5) is 0 Å². The highest BCUT2D eigenvalue weighted by Gasteiger charge is 2.23. The van der Waals surface area contributed by atoms with Gasteiger partial charge in [-0.1, -0.05) is 16.8 Å². The van der Waals surface area contributed by atoms with Gasteiger partial charge in [-0.3, -0.25) is 0 Å². The molecule has 0 aliphatic carbocycles. The van der Waals surface area contributed by atoms with Crippen molar-refractivity contribution >= 4 is 11.6 Å². The minimum absolute atomic E-state index is 0.160. The molecule has 1 saturated heterocycles. The van der Waals surface area contributed by atoms with Gasteiger partial charge in [-0.15, -0.1) is 0 Å². The number of aliphatic hydroxyl groups excluding tert-OH is 1. The van der Waals surface area contributed by atoms with E-state index < -0.39 is 6.10 Å². The third-order valence-corrected chi connectivity index (χ3v) is 6.63. The molecule has 0 bridgehead atoms. The van der Waals surface area contributed by atoms with Crippen LogP contribution in [0.15, 0.2) is 22.7 Å². The van der Waals surface area contributed by atoms with Crippen molar-refractivity contribution in [2.45, 2.75) is 58.7 Å². The van der Waals surface area contributed by atoms with Crippen LogP contribution < -0.4 is 10.1 Å². The van der Waals surface area contributed by atoms with Crippen molar-refractivity contribution in [3.63, 3.8) is 0 Å². The first-order valence-electron chi connectivity index (χ1n) is 12.0. The van der Waals surface area contributed by atoms with Crippen molar-refractivity contribution in [3.8, 4) is 28.4 Å². The quantitative estimate of drug-likeness (QED) is 0.421. The Labute approximate surface area is 211 Å². The lowest BCUT2D eigenvalue weighted by molar-refractivity contribution is 0.104. The van der Waals surface area contributed by atoms with Gasteiger partial charge < -0.3 is 24.4 Å². The minimum Gasteiger partial charge on any atom is -0.491 e. The molecule has 1 aliphatic heterocycles. The number of hydrogen-bond donors (Lipinski definition) is 2. The van der Waals surface area contributed by atoms with Gasteiger partial charge in [0.25, 0.3) is 0 Å². The molecule has 2 N–H and O–H groups in total. The van der Waals surface area contributed by atoms with Gasteiger partial charge in [-0.05, 0) is 77.3 Å². The predicted molar refractivity (Wildman–Crippen MR) is 135 cm³/mol. The van der Waals surface area contributed by atoms with Gasteiger partial charge in [-0.25, -0.2) is 9.97 Å². The van der Waals surface area contributed by atoms with Crippen LogP contribution in [0.1, 0.15) is 42.0 Å². The number of hydrogen-bond acceptors (Lipinski definition) is 8. The number of ether oxygens (including phenoxy) is 2. The maximum absolute atomic E-state index is 10.00. The van der Waals surface area contributed by atoms with Crippen LogP contribution in [0.25, 0.3) is 22.6 Å². The summed E-state index contributed by atoms with van der Waals surface area (Å²) in [5, 5.41) is 17.6. The molecule has 3 heterocycles. The van der Waals surface area contributed by atoms with E-state index in [1.807, 2.05) is 26.8 Å². The second-order valence-corrected chi connectivity index (χ2v) is 9.41. The number of benzene rings is 1.